The molecule has 0 radical (unpaired) electrons. The Bertz CT molecular complexity index is 798. The van der Waals surface area contributed by atoms with Gasteiger partial charge in [-0.1, -0.05) is 42.5 Å². The lowest BCUT2D eigenvalue weighted by atomic mass is 10.1. The Hall–Kier alpha value is -2.13. The van der Waals surface area contributed by atoms with E-state index in [1.54, 1.807) is 7.11 Å². The van der Waals surface area contributed by atoms with E-state index in [2.05, 4.69) is 27.9 Å². The zero-order valence-corrected chi connectivity index (χ0v) is 18.4. The van der Waals surface area contributed by atoms with Crippen LogP contribution >= 0.6 is 22.6 Å². The first-order chi connectivity index (χ1) is 13.4. The minimum Gasteiger partial charge on any atom is -0.496 e. The summed E-state index contributed by atoms with van der Waals surface area (Å²) in [6, 6.07) is 14.8. The molecule has 150 valence electrons. The highest BCUT2D eigenvalue weighted by atomic mass is 127. The Balaban J connectivity index is 2.01. The number of halogens is 1. The van der Waals surface area contributed by atoms with Crippen LogP contribution in [-0.4, -0.2) is 50.6 Å². The number of hydrogen-bond donors (Lipinski definition) is 1. The molecule has 1 atom stereocenters. The third-order valence-corrected chi connectivity index (χ3v) is 5.44. The maximum absolute atomic E-state index is 12.5. The van der Waals surface area contributed by atoms with Gasteiger partial charge in [0.05, 0.1) is 24.3 Å². The molecule has 6 nitrogen and oxygen atoms in total. The van der Waals surface area contributed by atoms with Gasteiger partial charge in [0.1, 0.15) is 11.8 Å². The molecule has 0 aromatic heterocycles. The van der Waals surface area contributed by atoms with Crippen LogP contribution in [0.1, 0.15) is 11.1 Å². The van der Waals surface area contributed by atoms with Gasteiger partial charge < -0.3 is 14.8 Å². The van der Waals surface area contributed by atoms with Crippen molar-refractivity contribution in [3.05, 3.63) is 63.2 Å². The number of carbonyl (C=O) groups is 2. The van der Waals surface area contributed by atoms with Crippen LogP contribution in [0.25, 0.3) is 0 Å². The Labute approximate surface area is 179 Å². The second-order valence-electron chi connectivity index (χ2n) is 6.44. The van der Waals surface area contributed by atoms with E-state index in [0.29, 0.717) is 13.0 Å². The summed E-state index contributed by atoms with van der Waals surface area (Å²) in [7, 11) is 4.79. The van der Waals surface area contributed by atoms with E-state index in [9.17, 15) is 9.59 Å². The summed E-state index contributed by atoms with van der Waals surface area (Å²) in [4.78, 5) is 26.6. The molecule has 28 heavy (non-hydrogen) atoms. The fourth-order valence-corrected chi connectivity index (χ4v) is 3.66. The molecule has 0 heterocycles. The number of methoxy groups -OCH3 is 2. The first kappa shape index (κ1) is 22.2. The summed E-state index contributed by atoms with van der Waals surface area (Å²) in [6.45, 7) is 0.822. The summed E-state index contributed by atoms with van der Waals surface area (Å²) >= 11 is 2.18. The van der Waals surface area contributed by atoms with Gasteiger partial charge in [-0.15, -0.1) is 0 Å². The topological polar surface area (TPSA) is 67.9 Å². The third kappa shape index (κ3) is 6.49. The molecule has 0 aliphatic carbocycles. The lowest BCUT2D eigenvalue weighted by Gasteiger charge is -2.21. The second kappa shape index (κ2) is 11.0. The van der Waals surface area contributed by atoms with Gasteiger partial charge in [-0.25, -0.2) is 4.79 Å². The van der Waals surface area contributed by atoms with Crippen LogP contribution in [0.3, 0.4) is 0 Å². The maximum atomic E-state index is 12.5. The average molecular weight is 496 g/mol. The molecule has 7 heteroatoms. The zero-order valence-electron chi connectivity index (χ0n) is 16.3. The molecule has 1 unspecified atom stereocenters. The Morgan fingerprint density at radius 1 is 1.11 bits per heavy atom. The van der Waals surface area contributed by atoms with Gasteiger partial charge in [-0.05, 0) is 46.8 Å². The van der Waals surface area contributed by atoms with Gasteiger partial charge in [0.2, 0.25) is 5.91 Å². The maximum Gasteiger partial charge on any atom is 0.328 e. The standard InChI is InChI=1S/C21H25IN2O4/c1-24(13-15-8-5-4-6-9-15)14-19(25)23-17(21(26)28-3)12-16-10-7-11-18(27-2)20(16)22/h4-11,17H,12-14H2,1-3H3,(H,23,25). The van der Waals surface area contributed by atoms with Crippen molar-refractivity contribution in [1.82, 2.24) is 10.2 Å². The van der Waals surface area contributed by atoms with Crippen LogP contribution < -0.4 is 10.1 Å². The van der Waals surface area contributed by atoms with E-state index >= 15 is 0 Å². The molecule has 1 amide bonds. The van der Waals surface area contributed by atoms with E-state index < -0.39 is 12.0 Å². The number of esters is 1. The van der Waals surface area contributed by atoms with Crippen molar-refractivity contribution in [3.8, 4) is 5.75 Å². The van der Waals surface area contributed by atoms with Gasteiger partial charge >= 0.3 is 5.97 Å². The van der Waals surface area contributed by atoms with E-state index in [-0.39, 0.29) is 12.5 Å². The van der Waals surface area contributed by atoms with Crippen LogP contribution in [-0.2, 0) is 27.3 Å². The predicted octanol–water partition coefficient (Wildman–Crippen LogP) is 2.63. The average Bonchev–Trinajstić information content (AvgIpc) is 2.68. The molecule has 0 saturated carbocycles. The Morgan fingerprint density at radius 2 is 1.82 bits per heavy atom. The Kier molecular flexibility index (Phi) is 8.72. The van der Waals surface area contributed by atoms with Gasteiger partial charge in [-0.2, -0.15) is 0 Å². The molecule has 0 bridgehead atoms. The van der Waals surface area contributed by atoms with Gasteiger partial charge in [0.15, 0.2) is 0 Å². The van der Waals surface area contributed by atoms with Crippen LogP contribution in [0.4, 0.5) is 0 Å². The molecule has 2 aromatic rings. The van der Waals surface area contributed by atoms with Crippen LogP contribution in [0.15, 0.2) is 48.5 Å². The molecule has 0 spiro atoms. The minimum atomic E-state index is -0.761. The number of rotatable bonds is 9. The van der Waals surface area contributed by atoms with Crippen molar-refractivity contribution in [2.75, 3.05) is 27.8 Å². The summed E-state index contributed by atoms with van der Waals surface area (Å²) in [5.41, 5.74) is 2.03. The quantitative estimate of drug-likeness (QED) is 0.427. The third-order valence-electron chi connectivity index (χ3n) is 4.22. The summed E-state index contributed by atoms with van der Waals surface area (Å²) in [5.74, 6) is 0.0278. The number of amides is 1. The second-order valence-corrected chi connectivity index (χ2v) is 7.52. The van der Waals surface area contributed by atoms with E-state index in [0.717, 1.165) is 20.4 Å². The monoisotopic (exact) mass is 496 g/mol. The lowest BCUT2D eigenvalue weighted by Crippen LogP contribution is -2.46. The molecular formula is C21H25IN2O4. The molecule has 0 aliphatic rings. The molecular weight excluding hydrogens is 471 g/mol. The molecule has 0 fully saturated rings. The molecule has 0 aliphatic heterocycles. The summed E-state index contributed by atoms with van der Waals surface area (Å²) in [6.07, 6.45) is 0.330. The number of carbonyl (C=O) groups excluding carboxylic acids is 2. The van der Waals surface area contributed by atoms with E-state index in [4.69, 9.17) is 9.47 Å². The number of likely N-dealkylation sites (N-methyl/N-ethyl adjacent to an activating group) is 1. The van der Waals surface area contributed by atoms with Crippen LogP contribution in [0.2, 0.25) is 0 Å². The van der Waals surface area contributed by atoms with E-state index in [1.165, 1.54) is 7.11 Å². The van der Waals surface area contributed by atoms with Crippen LogP contribution in [0.5, 0.6) is 5.75 Å². The summed E-state index contributed by atoms with van der Waals surface area (Å²) < 4.78 is 11.1. The smallest absolute Gasteiger partial charge is 0.328 e. The highest BCUT2D eigenvalue weighted by molar-refractivity contribution is 14.1. The van der Waals surface area contributed by atoms with Crippen molar-refractivity contribution in [3.63, 3.8) is 0 Å². The predicted molar refractivity (Wildman–Crippen MR) is 116 cm³/mol. The van der Waals surface area contributed by atoms with Gasteiger partial charge in [0.25, 0.3) is 0 Å². The highest BCUT2D eigenvalue weighted by Crippen LogP contribution is 2.25. The number of ether oxygens (including phenoxy) is 2. The highest BCUT2D eigenvalue weighted by Gasteiger charge is 2.24. The van der Waals surface area contributed by atoms with Crippen LogP contribution in [0, 0.1) is 3.57 Å². The number of hydrogen-bond acceptors (Lipinski definition) is 5. The number of nitrogens with zero attached hydrogens (tertiary/aromatic N) is 1. The van der Waals surface area contributed by atoms with Gasteiger partial charge in [-0.3, -0.25) is 9.69 Å². The first-order valence-corrected chi connectivity index (χ1v) is 9.93. The number of benzene rings is 2. The van der Waals surface area contributed by atoms with Crippen molar-refractivity contribution in [2.45, 2.75) is 19.0 Å². The summed E-state index contributed by atoms with van der Waals surface area (Å²) in [5, 5.41) is 2.80. The fourth-order valence-electron chi connectivity index (χ4n) is 2.86. The first-order valence-electron chi connectivity index (χ1n) is 8.85. The minimum absolute atomic E-state index is 0.178. The van der Waals surface area contributed by atoms with Crippen molar-refractivity contribution < 1.29 is 19.1 Å². The van der Waals surface area contributed by atoms with Crippen molar-refractivity contribution in [2.24, 2.45) is 0 Å². The van der Waals surface area contributed by atoms with E-state index in [1.807, 2.05) is 60.5 Å². The van der Waals surface area contributed by atoms with Gasteiger partial charge in [0, 0.05) is 13.0 Å². The van der Waals surface area contributed by atoms with Crippen molar-refractivity contribution >= 4 is 34.5 Å². The molecule has 1 N–H and O–H groups in total. The number of nitrogens with one attached hydrogen (secondary N) is 1. The molecule has 2 aromatic carbocycles. The lowest BCUT2D eigenvalue weighted by molar-refractivity contribution is -0.145. The zero-order chi connectivity index (χ0) is 20.5. The SMILES string of the molecule is COC(=O)C(Cc1cccc(OC)c1I)NC(=O)CN(C)Cc1ccccc1. The normalized spacial score (nSPS) is 11.8. The van der Waals surface area contributed by atoms with Crippen molar-refractivity contribution in [1.29, 1.82) is 0 Å². The fraction of sp³-hybridized carbons (Fsp3) is 0.333. The largest absolute Gasteiger partial charge is 0.496 e. The Morgan fingerprint density at radius 3 is 2.46 bits per heavy atom. The molecule has 0 saturated heterocycles. The molecule has 2 rings (SSSR count).